The predicted molar refractivity (Wildman–Crippen MR) is 147 cm³/mol. The second-order valence-electron chi connectivity index (χ2n) is 8.88. The number of carbonyl (C=O) groups is 1. The summed E-state index contributed by atoms with van der Waals surface area (Å²) in [4.78, 5) is 12.5. The number of methoxy groups -OCH3 is 1. The van der Waals surface area contributed by atoms with Crippen molar-refractivity contribution in [1.82, 2.24) is 0 Å². The molecule has 0 saturated heterocycles. The average molecular weight is 535 g/mol. The monoisotopic (exact) mass is 534 g/mol. The Kier molecular flexibility index (Phi) is 7.84. The van der Waals surface area contributed by atoms with E-state index in [0.29, 0.717) is 35.2 Å². The van der Waals surface area contributed by atoms with Gasteiger partial charge in [-0.05, 0) is 41.5 Å². The molecule has 8 heteroatoms. The number of rotatable bonds is 9. The van der Waals surface area contributed by atoms with Crippen LogP contribution < -0.4 is 29.4 Å². The second-order valence-corrected chi connectivity index (χ2v) is 8.88. The summed E-state index contributed by atoms with van der Waals surface area (Å²) < 4.78 is 28.0. The minimum atomic E-state index is -0.609. The first-order chi connectivity index (χ1) is 19.6. The van der Waals surface area contributed by atoms with Crippen molar-refractivity contribution in [2.24, 2.45) is 5.73 Å². The molecule has 8 nitrogen and oxygen atoms in total. The van der Waals surface area contributed by atoms with Crippen molar-refractivity contribution in [3.05, 3.63) is 125 Å². The van der Waals surface area contributed by atoms with Crippen LogP contribution in [0.25, 0.3) is 0 Å². The minimum absolute atomic E-state index is 0.0152. The van der Waals surface area contributed by atoms with Gasteiger partial charge in [0.15, 0.2) is 18.1 Å². The molecule has 0 radical (unpaired) electrons. The molecule has 4 aromatic carbocycles. The van der Waals surface area contributed by atoms with Crippen LogP contribution in [0.3, 0.4) is 0 Å². The van der Waals surface area contributed by atoms with Gasteiger partial charge in [-0.3, -0.25) is 0 Å². The van der Waals surface area contributed by atoms with Gasteiger partial charge in [-0.2, -0.15) is 5.26 Å². The van der Waals surface area contributed by atoms with Crippen LogP contribution in [0.1, 0.15) is 22.6 Å². The normalized spacial score (nSPS) is 13.8. The highest BCUT2D eigenvalue weighted by Gasteiger charge is 2.31. The fourth-order valence-electron chi connectivity index (χ4n) is 4.40. The van der Waals surface area contributed by atoms with Gasteiger partial charge in [0.25, 0.3) is 0 Å². The second kappa shape index (κ2) is 12.0. The highest BCUT2D eigenvalue weighted by Crippen LogP contribution is 2.44. The van der Waals surface area contributed by atoms with Crippen molar-refractivity contribution in [2.45, 2.75) is 12.5 Å². The summed E-state index contributed by atoms with van der Waals surface area (Å²) in [6, 6.07) is 31.5. The smallest absolute Gasteiger partial charge is 0.349 e. The highest BCUT2D eigenvalue weighted by atomic mass is 16.6. The van der Waals surface area contributed by atoms with Crippen LogP contribution in [0, 0.1) is 11.3 Å². The van der Waals surface area contributed by atoms with Gasteiger partial charge in [0.05, 0.1) is 13.0 Å². The van der Waals surface area contributed by atoms with Crippen LogP contribution in [0.2, 0.25) is 0 Å². The Balaban J connectivity index is 1.34. The summed E-state index contributed by atoms with van der Waals surface area (Å²) in [7, 11) is 1.52. The number of nitrogens with two attached hydrogens (primary N) is 1. The number of hydrogen-bond acceptors (Lipinski definition) is 8. The maximum atomic E-state index is 12.5. The number of para-hydroxylation sites is 2. The summed E-state index contributed by atoms with van der Waals surface area (Å²) in [5, 5.41) is 9.91. The SMILES string of the molecule is COc1ccccc1OCC(=O)Oc1ccc2c(c1)OC(N)=C(C#N)C2c1cccc(OCc2ccccc2)c1. The summed E-state index contributed by atoms with van der Waals surface area (Å²) in [6.07, 6.45) is 0. The largest absolute Gasteiger partial charge is 0.493 e. The van der Waals surface area contributed by atoms with Crippen molar-refractivity contribution in [3.8, 4) is 34.8 Å². The van der Waals surface area contributed by atoms with Gasteiger partial charge in [0.1, 0.15) is 35.5 Å². The zero-order valence-corrected chi connectivity index (χ0v) is 21.7. The zero-order chi connectivity index (χ0) is 27.9. The van der Waals surface area contributed by atoms with Crippen LogP contribution in [-0.4, -0.2) is 19.7 Å². The molecule has 4 aromatic rings. The molecule has 1 heterocycles. The van der Waals surface area contributed by atoms with E-state index in [1.165, 1.54) is 7.11 Å². The van der Waals surface area contributed by atoms with E-state index in [-0.39, 0.29) is 23.8 Å². The molecular formula is C32H26N2O6. The van der Waals surface area contributed by atoms with E-state index in [1.54, 1.807) is 42.5 Å². The van der Waals surface area contributed by atoms with Gasteiger partial charge < -0.3 is 29.4 Å². The first-order valence-electron chi connectivity index (χ1n) is 12.5. The number of hydrogen-bond donors (Lipinski definition) is 1. The van der Waals surface area contributed by atoms with E-state index in [0.717, 1.165) is 11.1 Å². The molecule has 40 heavy (non-hydrogen) atoms. The van der Waals surface area contributed by atoms with Crippen molar-refractivity contribution in [1.29, 1.82) is 5.26 Å². The molecule has 1 unspecified atom stereocenters. The molecule has 1 atom stereocenters. The van der Waals surface area contributed by atoms with Gasteiger partial charge in [-0.15, -0.1) is 0 Å². The van der Waals surface area contributed by atoms with E-state index < -0.39 is 11.9 Å². The number of carbonyl (C=O) groups excluding carboxylic acids is 1. The van der Waals surface area contributed by atoms with Crippen molar-refractivity contribution >= 4 is 5.97 Å². The Morgan fingerprint density at radius 3 is 2.45 bits per heavy atom. The molecule has 0 spiro atoms. The Bertz CT molecular complexity index is 1590. The molecular weight excluding hydrogens is 508 g/mol. The molecule has 200 valence electrons. The van der Waals surface area contributed by atoms with Crippen LogP contribution in [-0.2, 0) is 11.4 Å². The van der Waals surface area contributed by atoms with E-state index in [2.05, 4.69) is 6.07 Å². The molecule has 0 saturated carbocycles. The predicted octanol–water partition coefficient (Wildman–Crippen LogP) is 5.48. The van der Waals surface area contributed by atoms with E-state index >= 15 is 0 Å². The van der Waals surface area contributed by atoms with Gasteiger partial charge in [-0.25, -0.2) is 4.79 Å². The highest BCUT2D eigenvalue weighted by molar-refractivity contribution is 5.74. The van der Waals surface area contributed by atoms with Crippen molar-refractivity contribution in [3.63, 3.8) is 0 Å². The molecule has 0 fully saturated rings. The van der Waals surface area contributed by atoms with E-state index in [4.69, 9.17) is 29.4 Å². The molecule has 2 N–H and O–H groups in total. The zero-order valence-electron chi connectivity index (χ0n) is 21.7. The Hall–Kier alpha value is -5.42. The lowest BCUT2D eigenvalue weighted by Crippen LogP contribution is -2.21. The first-order valence-corrected chi connectivity index (χ1v) is 12.5. The standard InChI is InChI=1S/C32H26N2O6/c1-36-27-12-5-6-13-28(27)38-20-30(35)39-24-14-15-25-29(17-24)40-32(34)26(18-33)31(25)22-10-7-11-23(16-22)37-19-21-8-3-2-4-9-21/h2-17,31H,19-20,34H2,1H3. The maximum absolute atomic E-state index is 12.5. The van der Waals surface area contributed by atoms with Gasteiger partial charge in [0.2, 0.25) is 5.88 Å². The maximum Gasteiger partial charge on any atom is 0.349 e. The van der Waals surface area contributed by atoms with Crippen LogP contribution in [0.15, 0.2) is 109 Å². The number of fused-ring (bicyclic) bond motifs is 1. The lowest BCUT2D eigenvalue weighted by molar-refractivity contribution is -0.136. The summed E-state index contributed by atoms with van der Waals surface area (Å²) in [5.74, 6) is 1.11. The Morgan fingerprint density at radius 1 is 0.900 bits per heavy atom. The number of esters is 1. The minimum Gasteiger partial charge on any atom is -0.493 e. The third-order valence-electron chi connectivity index (χ3n) is 6.28. The van der Waals surface area contributed by atoms with Gasteiger partial charge >= 0.3 is 5.97 Å². The molecule has 1 aliphatic heterocycles. The number of allylic oxidation sites excluding steroid dienone is 1. The lowest BCUT2D eigenvalue weighted by Gasteiger charge is -2.27. The number of benzene rings is 4. The first kappa shape index (κ1) is 26.2. The molecule has 0 aliphatic carbocycles. The molecule has 1 aliphatic rings. The van der Waals surface area contributed by atoms with E-state index in [9.17, 15) is 10.1 Å². The summed E-state index contributed by atoms with van der Waals surface area (Å²) in [5.41, 5.74) is 9.00. The number of nitriles is 1. The van der Waals surface area contributed by atoms with Crippen LogP contribution in [0.5, 0.6) is 28.7 Å². The third kappa shape index (κ3) is 5.84. The topological polar surface area (TPSA) is 113 Å². The quantitative estimate of drug-likeness (QED) is 0.222. The van der Waals surface area contributed by atoms with Crippen molar-refractivity contribution < 1.29 is 28.5 Å². The fourth-order valence-corrected chi connectivity index (χ4v) is 4.40. The van der Waals surface area contributed by atoms with Crippen molar-refractivity contribution in [2.75, 3.05) is 13.7 Å². The molecule has 5 rings (SSSR count). The summed E-state index contributed by atoms with van der Waals surface area (Å²) in [6.45, 7) is 0.0879. The Morgan fingerprint density at radius 2 is 1.68 bits per heavy atom. The van der Waals surface area contributed by atoms with Gasteiger partial charge in [0, 0.05) is 11.6 Å². The van der Waals surface area contributed by atoms with Crippen LogP contribution in [0.4, 0.5) is 0 Å². The lowest BCUT2D eigenvalue weighted by atomic mass is 9.83. The summed E-state index contributed by atoms with van der Waals surface area (Å²) >= 11 is 0. The Labute approximate surface area is 231 Å². The number of nitrogens with zero attached hydrogens (tertiary/aromatic N) is 1. The van der Waals surface area contributed by atoms with Crippen LogP contribution >= 0.6 is 0 Å². The average Bonchev–Trinajstić information content (AvgIpc) is 2.99. The third-order valence-corrected chi connectivity index (χ3v) is 6.28. The fraction of sp³-hybridized carbons (Fsp3) is 0.125. The molecule has 0 bridgehead atoms. The van der Waals surface area contributed by atoms with E-state index in [1.807, 2.05) is 54.6 Å². The van der Waals surface area contributed by atoms with Gasteiger partial charge in [-0.1, -0.05) is 60.7 Å². The molecule has 0 aromatic heterocycles. The number of ether oxygens (including phenoxy) is 5. The molecule has 0 amide bonds.